The number of aromatic carboxylic acids is 1. The lowest BCUT2D eigenvalue weighted by Gasteiger charge is -1.91. The normalized spacial score (nSPS) is 11.1. The van der Waals surface area contributed by atoms with Crippen LogP contribution < -0.4 is 0 Å². The highest BCUT2D eigenvalue weighted by molar-refractivity contribution is 6.32. The Kier molecular flexibility index (Phi) is 1.78. The summed E-state index contributed by atoms with van der Waals surface area (Å²) in [4.78, 5) is 14.8. The summed E-state index contributed by atoms with van der Waals surface area (Å²) in [6.07, 6.45) is 1.69. The predicted octanol–water partition coefficient (Wildman–Crippen LogP) is 1.33. The lowest BCUT2D eigenvalue weighted by molar-refractivity contribution is 0.0689. The van der Waals surface area contributed by atoms with E-state index in [1.165, 1.54) is 4.40 Å². The fraction of sp³-hybridized carbons (Fsp3) is 0.250. The molecule has 0 saturated carbocycles. The van der Waals surface area contributed by atoms with Crippen molar-refractivity contribution in [1.29, 1.82) is 0 Å². The smallest absolute Gasteiger partial charge is 0.356 e. The summed E-state index contributed by atoms with van der Waals surface area (Å²) in [5, 5.41) is 8.91. The van der Waals surface area contributed by atoms with Crippen LogP contribution in [0.1, 0.15) is 16.2 Å². The molecular weight excluding hydrogens is 206 g/mol. The fourth-order valence-corrected chi connectivity index (χ4v) is 1.62. The molecule has 0 aliphatic heterocycles. The third-order valence-electron chi connectivity index (χ3n) is 2.20. The first kappa shape index (κ1) is 9.08. The van der Waals surface area contributed by atoms with E-state index in [-0.39, 0.29) is 10.8 Å². The van der Waals surface area contributed by atoms with Gasteiger partial charge in [0.15, 0.2) is 10.8 Å². The van der Waals surface area contributed by atoms with Crippen molar-refractivity contribution in [2.45, 2.75) is 6.92 Å². The number of halogens is 1. The minimum Gasteiger partial charge on any atom is -0.476 e. The van der Waals surface area contributed by atoms with Crippen molar-refractivity contribution >= 4 is 23.3 Å². The van der Waals surface area contributed by atoms with Gasteiger partial charge in [0, 0.05) is 18.9 Å². The molecule has 6 heteroatoms. The molecule has 2 rings (SSSR count). The molecule has 5 nitrogen and oxygen atoms in total. The number of nitrogens with zero attached hydrogens (tertiary/aromatic N) is 3. The lowest BCUT2D eigenvalue weighted by Crippen LogP contribution is -2.00. The van der Waals surface area contributed by atoms with Gasteiger partial charge in [-0.2, -0.15) is 4.98 Å². The number of rotatable bonds is 1. The molecule has 0 fully saturated rings. The van der Waals surface area contributed by atoms with Gasteiger partial charge in [-0.1, -0.05) is 11.6 Å². The van der Waals surface area contributed by atoms with E-state index < -0.39 is 5.97 Å². The van der Waals surface area contributed by atoms with Gasteiger partial charge < -0.3 is 9.67 Å². The van der Waals surface area contributed by atoms with Crippen LogP contribution in [0, 0.1) is 6.92 Å². The standard InChI is InChI=1S/C8H8ClN3O2/c1-4-3-12-5(7(13)14)6(9)10-8(12)11(4)2/h3H,1-2H3,(H,13,14). The summed E-state index contributed by atoms with van der Waals surface area (Å²) in [6, 6.07) is 0. The summed E-state index contributed by atoms with van der Waals surface area (Å²) < 4.78 is 3.25. The molecule has 0 radical (unpaired) electrons. The first-order chi connectivity index (χ1) is 6.52. The van der Waals surface area contributed by atoms with Crippen LogP contribution >= 0.6 is 11.6 Å². The van der Waals surface area contributed by atoms with Crippen LogP contribution in [0.3, 0.4) is 0 Å². The summed E-state index contributed by atoms with van der Waals surface area (Å²) >= 11 is 5.70. The van der Waals surface area contributed by atoms with E-state index in [0.29, 0.717) is 5.78 Å². The van der Waals surface area contributed by atoms with E-state index in [1.807, 2.05) is 6.92 Å². The van der Waals surface area contributed by atoms with Gasteiger partial charge in [0.1, 0.15) is 0 Å². The zero-order valence-corrected chi connectivity index (χ0v) is 8.41. The number of hydrogen-bond donors (Lipinski definition) is 1. The Morgan fingerprint density at radius 3 is 2.86 bits per heavy atom. The molecule has 0 spiro atoms. The second-order valence-electron chi connectivity index (χ2n) is 3.06. The second kappa shape index (κ2) is 2.75. The molecule has 74 valence electrons. The van der Waals surface area contributed by atoms with E-state index in [2.05, 4.69) is 4.98 Å². The van der Waals surface area contributed by atoms with Gasteiger partial charge in [-0.15, -0.1) is 0 Å². The summed E-state index contributed by atoms with van der Waals surface area (Å²) in [5.41, 5.74) is 0.928. The van der Waals surface area contributed by atoms with Crippen molar-refractivity contribution in [2.75, 3.05) is 0 Å². The molecule has 0 unspecified atom stereocenters. The molecule has 2 aromatic rings. The van der Waals surface area contributed by atoms with Crippen molar-refractivity contribution in [3.8, 4) is 0 Å². The molecule has 0 aliphatic rings. The average molecular weight is 214 g/mol. The maximum Gasteiger partial charge on any atom is 0.356 e. The highest BCUT2D eigenvalue weighted by Gasteiger charge is 2.19. The number of carboxylic acids is 1. The molecule has 2 heterocycles. The largest absolute Gasteiger partial charge is 0.476 e. The molecule has 0 aliphatic carbocycles. The fourth-order valence-electron chi connectivity index (χ4n) is 1.38. The van der Waals surface area contributed by atoms with Crippen LogP contribution in [-0.2, 0) is 7.05 Å². The van der Waals surface area contributed by atoms with Gasteiger partial charge in [-0.25, -0.2) is 4.79 Å². The average Bonchev–Trinajstić information content (AvgIpc) is 2.51. The van der Waals surface area contributed by atoms with Crippen LogP contribution in [0.25, 0.3) is 5.78 Å². The Bertz CT molecular complexity index is 526. The molecule has 0 aromatic carbocycles. The van der Waals surface area contributed by atoms with Gasteiger partial charge in [-0.05, 0) is 6.92 Å². The monoisotopic (exact) mass is 213 g/mol. The van der Waals surface area contributed by atoms with E-state index >= 15 is 0 Å². The quantitative estimate of drug-likeness (QED) is 0.778. The van der Waals surface area contributed by atoms with Crippen LogP contribution in [-0.4, -0.2) is 25.0 Å². The van der Waals surface area contributed by atoms with Gasteiger partial charge >= 0.3 is 5.97 Å². The van der Waals surface area contributed by atoms with Crippen LogP contribution in [0.2, 0.25) is 5.15 Å². The first-order valence-corrected chi connectivity index (χ1v) is 4.33. The molecule has 0 saturated heterocycles. The minimum atomic E-state index is -1.08. The first-order valence-electron chi connectivity index (χ1n) is 3.95. The van der Waals surface area contributed by atoms with Crippen molar-refractivity contribution in [2.24, 2.45) is 7.05 Å². The summed E-state index contributed by atoms with van der Waals surface area (Å²) in [6.45, 7) is 1.87. The number of fused-ring (bicyclic) bond motifs is 1. The number of hydrogen-bond acceptors (Lipinski definition) is 2. The van der Waals surface area contributed by atoms with Gasteiger partial charge in [0.2, 0.25) is 5.78 Å². The number of imidazole rings is 2. The van der Waals surface area contributed by atoms with E-state index in [1.54, 1.807) is 17.8 Å². The third-order valence-corrected chi connectivity index (χ3v) is 2.46. The van der Waals surface area contributed by atoms with Crippen LogP contribution in [0.4, 0.5) is 0 Å². The van der Waals surface area contributed by atoms with Crippen LogP contribution in [0.15, 0.2) is 6.20 Å². The molecule has 1 N–H and O–H groups in total. The van der Waals surface area contributed by atoms with Gasteiger partial charge in [-0.3, -0.25) is 4.40 Å². The Hall–Kier alpha value is -1.49. The van der Waals surface area contributed by atoms with Crippen molar-refractivity contribution < 1.29 is 9.90 Å². The SMILES string of the molecule is Cc1cn2c(C(=O)O)c(Cl)nc2n1C. The van der Waals surface area contributed by atoms with Crippen LogP contribution in [0.5, 0.6) is 0 Å². The number of carbonyl (C=O) groups is 1. The molecule has 2 aromatic heterocycles. The topological polar surface area (TPSA) is 59.5 Å². The molecule has 14 heavy (non-hydrogen) atoms. The number of carboxylic acid groups (broad SMARTS) is 1. The zero-order valence-electron chi connectivity index (χ0n) is 7.65. The van der Waals surface area contributed by atoms with Crippen molar-refractivity contribution in [1.82, 2.24) is 14.0 Å². The maximum atomic E-state index is 10.9. The molecule has 0 bridgehead atoms. The Balaban J connectivity index is 2.88. The second-order valence-corrected chi connectivity index (χ2v) is 3.41. The maximum absolute atomic E-state index is 10.9. The highest BCUT2D eigenvalue weighted by atomic mass is 35.5. The summed E-state index contributed by atoms with van der Waals surface area (Å²) in [7, 11) is 1.81. The Morgan fingerprint density at radius 2 is 2.29 bits per heavy atom. The Morgan fingerprint density at radius 1 is 1.64 bits per heavy atom. The van der Waals surface area contributed by atoms with Gasteiger partial charge in [0.25, 0.3) is 0 Å². The highest BCUT2D eigenvalue weighted by Crippen LogP contribution is 2.19. The molecular formula is C8H8ClN3O2. The van der Waals surface area contributed by atoms with Crippen molar-refractivity contribution in [3.05, 3.63) is 22.7 Å². The van der Waals surface area contributed by atoms with Gasteiger partial charge in [0.05, 0.1) is 0 Å². The summed E-state index contributed by atoms with van der Waals surface area (Å²) in [5.74, 6) is -0.544. The van der Waals surface area contributed by atoms with E-state index in [9.17, 15) is 4.79 Å². The van der Waals surface area contributed by atoms with E-state index in [4.69, 9.17) is 16.7 Å². The van der Waals surface area contributed by atoms with E-state index in [0.717, 1.165) is 5.69 Å². The molecule has 0 amide bonds. The minimum absolute atomic E-state index is 0.00497. The lowest BCUT2D eigenvalue weighted by atomic mass is 10.5. The third kappa shape index (κ3) is 1.02. The Labute approximate surface area is 84.5 Å². The number of aryl methyl sites for hydroxylation is 2. The molecule has 0 atom stereocenters. The predicted molar refractivity (Wildman–Crippen MR) is 50.9 cm³/mol. The number of aromatic nitrogens is 3. The van der Waals surface area contributed by atoms with Crippen molar-refractivity contribution in [3.63, 3.8) is 0 Å². The zero-order chi connectivity index (χ0) is 10.5.